The third-order valence-electron chi connectivity index (χ3n) is 3.22. The number of hydrogen-bond donors (Lipinski definition) is 0. The van der Waals surface area contributed by atoms with Crippen LogP contribution in [0.1, 0.15) is 93.9 Å². The van der Waals surface area contributed by atoms with Crippen LogP contribution in [0.25, 0.3) is 0 Å². The first-order valence-corrected chi connectivity index (χ1v) is 7.34. The van der Waals surface area contributed by atoms with Gasteiger partial charge in [0.15, 0.2) is 0 Å². The van der Waals surface area contributed by atoms with Crippen LogP contribution in [0, 0.1) is 11.8 Å². The van der Waals surface area contributed by atoms with E-state index in [1.807, 2.05) is 27.7 Å². The van der Waals surface area contributed by atoms with Gasteiger partial charge in [0.05, 0.1) is 0 Å². The summed E-state index contributed by atoms with van der Waals surface area (Å²) in [6.45, 7) is 12.7. The lowest BCUT2D eigenvalue weighted by Gasteiger charge is -2.28. The molecule has 0 saturated heterocycles. The summed E-state index contributed by atoms with van der Waals surface area (Å²) in [6.07, 6.45) is 10.3. The van der Waals surface area contributed by atoms with Crippen molar-refractivity contribution in [2.75, 3.05) is 0 Å². The molecule has 1 fully saturated rings. The predicted octanol–water partition coefficient (Wildman–Crippen LogP) is 6.69. The zero-order valence-electron chi connectivity index (χ0n) is 12.1. The minimum absolute atomic E-state index is 0. The van der Waals surface area contributed by atoms with Crippen LogP contribution in [0.3, 0.4) is 0 Å². The molecule has 1 aliphatic rings. The Balaban J connectivity index is -0.000000305. The molecule has 0 radical (unpaired) electrons. The van der Waals surface area contributed by atoms with E-state index in [1.165, 1.54) is 44.9 Å². The van der Waals surface area contributed by atoms with Crippen LogP contribution >= 0.6 is 0 Å². The van der Waals surface area contributed by atoms with Crippen molar-refractivity contribution in [1.82, 2.24) is 0 Å². The second kappa shape index (κ2) is 17.4. The Morgan fingerprint density at radius 2 is 1.44 bits per heavy atom. The molecule has 2 atom stereocenters. The van der Waals surface area contributed by atoms with Crippen LogP contribution in [-0.2, 0) is 0 Å². The summed E-state index contributed by atoms with van der Waals surface area (Å²) in [5.41, 5.74) is 0. The Morgan fingerprint density at radius 3 is 1.88 bits per heavy atom. The van der Waals surface area contributed by atoms with E-state index in [4.69, 9.17) is 0 Å². The first kappa shape index (κ1) is 21.3. The highest BCUT2D eigenvalue weighted by molar-refractivity contribution is 4.71. The quantitative estimate of drug-likeness (QED) is 0.506. The highest BCUT2D eigenvalue weighted by Gasteiger charge is 2.19. The first-order valence-electron chi connectivity index (χ1n) is 7.34. The van der Waals surface area contributed by atoms with Gasteiger partial charge in [0.1, 0.15) is 0 Å². The van der Waals surface area contributed by atoms with Gasteiger partial charge in [0.2, 0.25) is 0 Å². The van der Waals surface area contributed by atoms with E-state index >= 15 is 0 Å². The van der Waals surface area contributed by atoms with E-state index in [2.05, 4.69) is 13.8 Å². The van der Waals surface area contributed by atoms with Crippen molar-refractivity contribution in [2.24, 2.45) is 11.8 Å². The zero-order chi connectivity index (χ0) is 12.1. The van der Waals surface area contributed by atoms with Crippen LogP contribution < -0.4 is 0 Å². The predicted molar refractivity (Wildman–Crippen MR) is 80.1 cm³/mol. The van der Waals surface area contributed by atoms with Crippen molar-refractivity contribution in [2.45, 2.75) is 93.9 Å². The lowest BCUT2D eigenvalue weighted by Crippen LogP contribution is -2.16. The molecule has 0 aromatic rings. The molecule has 1 saturated carbocycles. The zero-order valence-corrected chi connectivity index (χ0v) is 12.1. The molecular weight excluding hydrogens is 192 g/mol. The monoisotopic (exact) mass is 230 g/mol. The van der Waals surface area contributed by atoms with Crippen molar-refractivity contribution in [3.8, 4) is 0 Å². The minimum Gasteiger partial charge on any atom is -0.0776 e. The maximum absolute atomic E-state index is 2.44. The highest BCUT2D eigenvalue weighted by Crippen LogP contribution is 2.32. The van der Waals surface area contributed by atoms with Gasteiger partial charge < -0.3 is 0 Å². The van der Waals surface area contributed by atoms with Crippen molar-refractivity contribution in [3.05, 3.63) is 0 Å². The van der Waals surface area contributed by atoms with Crippen molar-refractivity contribution < 1.29 is 0 Å². The summed E-state index contributed by atoms with van der Waals surface area (Å²) in [6, 6.07) is 0. The fourth-order valence-electron chi connectivity index (χ4n) is 2.29. The molecular formula is C16H38. The summed E-state index contributed by atoms with van der Waals surface area (Å²) in [7, 11) is 0. The molecule has 0 aromatic heterocycles. The maximum atomic E-state index is 2.44. The summed E-state index contributed by atoms with van der Waals surface area (Å²) in [5.74, 6) is 2.10. The molecule has 16 heavy (non-hydrogen) atoms. The Labute approximate surface area is 106 Å². The normalized spacial score (nSPS) is 22.9. The topological polar surface area (TPSA) is 0 Å². The third kappa shape index (κ3) is 10.5. The highest BCUT2D eigenvalue weighted by atomic mass is 14.3. The van der Waals surface area contributed by atoms with Crippen LogP contribution in [0.2, 0.25) is 0 Å². The second-order valence-corrected chi connectivity index (χ2v) is 4.16. The first-order chi connectivity index (χ1) is 7.34. The molecule has 0 nitrogen and oxygen atoms in total. The molecule has 2 unspecified atom stereocenters. The fraction of sp³-hybridized carbons (Fsp3) is 1.00. The van der Waals surface area contributed by atoms with E-state index in [1.54, 1.807) is 0 Å². The van der Waals surface area contributed by atoms with Gasteiger partial charge >= 0.3 is 0 Å². The Morgan fingerprint density at radius 1 is 0.938 bits per heavy atom. The number of hydrogen-bond acceptors (Lipinski definition) is 0. The van der Waals surface area contributed by atoms with Gasteiger partial charge in [-0.05, 0) is 11.8 Å². The second-order valence-electron chi connectivity index (χ2n) is 4.16. The Bertz CT molecular complexity index is 96.2. The standard InChI is InChI=1S/C11H22.2C2H6.CH4/c1-3-4-8-11-9-6-5-7-10(11)2;2*1-2;/h10-11H,3-9H2,1-2H3;2*1-2H3;1H4. The molecule has 0 heterocycles. The van der Waals surface area contributed by atoms with Gasteiger partial charge in [0, 0.05) is 0 Å². The summed E-state index contributed by atoms with van der Waals surface area (Å²) >= 11 is 0. The van der Waals surface area contributed by atoms with E-state index in [-0.39, 0.29) is 7.43 Å². The molecule has 0 spiro atoms. The molecule has 102 valence electrons. The van der Waals surface area contributed by atoms with Crippen LogP contribution in [0.15, 0.2) is 0 Å². The third-order valence-corrected chi connectivity index (χ3v) is 3.22. The minimum atomic E-state index is 0. The molecule has 0 bridgehead atoms. The van der Waals surface area contributed by atoms with Crippen LogP contribution in [0.5, 0.6) is 0 Å². The average molecular weight is 230 g/mol. The molecule has 1 aliphatic carbocycles. The van der Waals surface area contributed by atoms with E-state index in [0.717, 1.165) is 11.8 Å². The summed E-state index contributed by atoms with van der Waals surface area (Å²) < 4.78 is 0. The summed E-state index contributed by atoms with van der Waals surface area (Å²) in [4.78, 5) is 0. The van der Waals surface area contributed by atoms with E-state index < -0.39 is 0 Å². The van der Waals surface area contributed by atoms with Gasteiger partial charge in [-0.25, -0.2) is 0 Å². The van der Waals surface area contributed by atoms with Crippen LogP contribution in [-0.4, -0.2) is 0 Å². The van der Waals surface area contributed by atoms with Crippen LogP contribution in [0.4, 0.5) is 0 Å². The lowest BCUT2D eigenvalue weighted by molar-refractivity contribution is 0.237. The van der Waals surface area contributed by atoms with Gasteiger partial charge in [-0.3, -0.25) is 0 Å². The lowest BCUT2D eigenvalue weighted by atomic mass is 9.78. The smallest absolute Gasteiger partial charge is 0.0388 e. The molecule has 0 aromatic carbocycles. The Kier molecular flexibility index (Phi) is 23.2. The molecule has 1 rings (SSSR count). The summed E-state index contributed by atoms with van der Waals surface area (Å²) in [5, 5.41) is 0. The average Bonchev–Trinajstić information content (AvgIpc) is 2.33. The van der Waals surface area contributed by atoms with Gasteiger partial charge in [-0.2, -0.15) is 0 Å². The maximum Gasteiger partial charge on any atom is -0.0388 e. The molecule has 0 aliphatic heterocycles. The fourth-order valence-corrected chi connectivity index (χ4v) is 2.29. The number of unbranched alkanes of at least 4 members (excludes halogenated alkanes) is 1. The molecule has 0 amide bonds. The van der Waals surface area contributed by atoms with Crippen molar-refractivity contribution >= 4 is 0 Å². The van der Waals surface area contributed by atoms with E-state index in [9.17, 15) is 0 Å². The molecule has 0 heteroatoms. The van der Waals surface area contributed by atoms with Crippen molar-refractivity contribution in [1.29, 1.82) is 0 Å². The SMILES string of the molecule is C.CC.CC.CCCCC1CCCCC1C. The van der Waals surface area contributed by atoms with E-state index in [0.29, 0.717) is 0 Å². The largest absolute Gasteiger partial charge is 0.0776 e. The number of rotatable bonds is 3. The van der Waals surface area contributed by atoms with Gasteiger partial charge in [0.25, 0.3) is 0 Å². The van der Waals surface area contributed by atoms with Crippen molar-refractivity contribution in [3.63, 3.8) is 0 Å². The van der Waals surface area contributed by atoms with Gasteiger partial charge in [-0.15, -0.1) is 0 Å². The molecule has 0 N–H and O–H groups in total. The Hall–Kier alpha value is 0. The van der Waals surface area contributed by atoms with Gasteiger partial charge in [-0.1, -0.05) is 93.9 Å².